The minimum absolute atomic E-state index is 0.254. The van der Waals surface area contributed by atoms with Crippen LogP contribution in [-0.2, 0) is 16.1 Å². The number of hydrogen-bond acceptors (Lipinski definition) is 6. The number of methoxy groups -OCH3 is 1. The van der Waals surface area contributed by atoms with Gasteiger partial charge in [-0.05, 0) is 42.3 Å². The predicted molar refractivity (Wildman–Crippen MR) is 144 cm³/mol. The van der Waals surface area contributed by atoms with Crippen LogP contribution in [0.15, 0.2) is 99.9 Å². The first-order chi connectivity index (χ1) is 18.0. The van der Waals surface area contributed by atoms with Gasteiger partial charge in [-0.2, -0.15) is 0 Å². The molecule has 0 radical (unpaired) electrons. The number of carbonyl (C=O) groups is 1. The van der Waals surface area contributed by atoms with E-state index in [1.165, 1.54) is 18.4 Å². The summed E-state index contributed by atoms with van der Waals surface area (Å²) in [5.41, 5.74) is 3.12. The number of nitrogens with zero attached hydrogens (tertiary/aromatic N) is 2. The highest BCUT2D eigenvalue weighted by atomic mass is 35.5. The largest absolute Gasteiger partial charge is 0.488 e. The van der Waals surface area contributed by atoms with E-state index in [4.69, 9.17) is 21.1 Å². The van der Waals surface area contributed by atoms with E-state index in [-0.39, 0.29) is 5.56 Å². The standard InChI is InChI=1S/C29H23ClN2O4S/c1-18-25(28(34)35-2)26(20-12-14-22(30)15-13-20)32-27(33)24(37-29(32)31-18)16-21-10-6-7-11-23(21)36-17-19-8-4-3-5-9-19/h3-16,26H,17H2,1-2H3/b24-16-/t26-/m0/s1. The molecule has 5 rings (SSSR count). The number of aromatic nitrogens is 1. The fourth-order valence-electron chi connectivity index (χ4n) is 4.26. The van der Waals surface area contributed by atoms with Crippen molar-refractivity contribution >= 4 is 35.0 Å². The van der Waals surface area contributed by atoms with Crippen LogP contribution in [0.25, 0.3) is 6.08 Å². The molecule has 3 aromatic carbocycles. The monoisotopic (exact) mass is 530 g/mol. The van der Waals surface area contributed by atoms with Gasteiger partial charge in [-0.3, -0.25) is 9.36 Å². The summed E-state index contributed by atoms with van der Waals surface area (Å²) >= 11 is 7.37. The second-order valence-corrected chi connectivity index (χ2v) is 9.88. The second-order valence-electron chi connectivity index (χ2n) is 8.44. The van der Waals surface area contributed by atoms with E-state index in [0.717, 1.165) is 16.7 Å². The lowest BCUT2D eigenvalue weighted by Gasteiger charge is -2.24. The normalized spacial score (nSPS) is 15.2. The molecular weight excluding hydrogens is 508 g/mol. The van der Waals surface area contributed by atoms with Crippen molar-refractivity contribution in [3.63, 3.8) is 0 Å². The van der Waals surface area contributed by atoms with E-state index in [1.54, 1.807) is 41.8 Å². The lowest BCUT2D eigenvalue weighted by molar-refractivity contribution is -0.136. The highest BCUT2D eigenvalue weighted by Gasteiger charge is 2.33. The van der Waals surface area contributed by atoms with Gasteiger partial charge in [-0.25, -0.2) is 9.79 Å². The molecule has 1 aliphatic heterocycles. The molecule has 0 saturated heterocycles. The minimum atomic E-state index is -0.687. The van der Waals surface area contributed by atoms with E-state index in [0.29, 0.717) is 38.0 Å². The molecule has 1 aromatic heterocycles. The average Bonchev–Trinajstić information content (AvgIpc) is 3.22. The summed E-state index contributed by atoms with van der Waals surface area (Å²) in [6.45, 7) is 2.16. The molecule has 0 bridgehead atoms. The molecule has 37 heavy (non-hydrogen) atoms. The number of halogens is 1. The molecule has 0 spiro atoms. The molecular formula is C29H23ClN2O4S. The number of allylic oxidation sites excluding steroid dienone is 1. The quantitative estimate of drug-likeness (QED) is 0.341. The smallest absolute Gasteiger partial charge is 0.338 e. The van der Waals surface area contributed by atoms with Crippen LogP contribution in [-0.4, -0.2) is 17.6 Å². The molecule has 0 unspecified atom stereocenters. The Kier molecular flexibility index (Phi) is 7.08. The Morgan fingerprint density at radius 3 is 2.49 bits per heavy atom. The van der Waals surface area contributed by atoms with Crippen molar-refractivity contribution in [2.45, 2.75) is 19.6 Å². The molecule has 0 amide bonds. The predicted octanol–water partition coefficient (Wildman–Crippen LogP) is 4.64. The van der Waals surface area contributed by atoms with Gasteiger partial charge in [0.15, 0.2) is 4.80 Å². The fraction of sp³-hybridized carbons (Fsp3) is 0.138. The van der Waals surface area contributed by atoms with Gasteiger partial charge in [0.1, 0.15) is 12.4 Å². The molecule has 2 heterocycles. The number of esters is 1. The molecule has 0 N–H and O–H groups in total. The topological polar surface area (TPSA) is 69.9 Å². The number of para-hydroxylation sites is 1. The Labute approximate surface area is 222 Å². The third-order valence-corrected chi connectivity index (χ3v) is 7.29. The molecule has 1 atom stereocenters. The maximum absolute atomic E-state index is 13.8. The molecule has 8 heteroatoms. The summed E-state index contributed by atoms with van der Waals surface area (Å²) in [6.07, 6.45) is 1.81. The van der Waals surface area contributed by atoms with Crippen LogP contribution in [0.3, 0.4) is 0 Å². The van der Waals surface area contributed by atoms with Crippen LogP contribution >= 0.6 is 22.9 Å². The van der Waals surface area contributed by atoms with Gasteiger partial charge in [0.05, 0.1) is 29.0 Å². The van der Waals surface area contributed by atoms with Crippen LogP contribution in [0.1, 0.15) is 29.7 Å². The molecule has 0 fully saturated rings. The van der Waals surface area contributed by atoms with Crippen molar-refractivity contribution in [3.8, 4) is 5.75 Å². The number of carbonyl (C=O) groups excluding carboxylic acids is 1. The number of hydrogen-bond donors (Lipinski definition) is 0. The number of thiazole rings is 1. The number of fused-ring (bicyclic) bond motifs is 1. The highest BCUT2D eigenvalue weighted by molar-refractivity contribution is 7.07. The molecule has 4 aromatic rings. The first kappa shape index (κ1) is 24.7. The SMILES string of the molecule is COC(=O)C1=C(C)N=c2s/c(=C\c3ccccc3OCc3ccccc3)c(=O)n2[C@H]1c1ccc(Cl)cc1. The van der Waals surface area contributed by atoms with Crippen molar-refractivity contribution in [3.05, 3.63) is 132 Å². The molecule has 6 nitrogen and oxygen atoms in total. The van der Waals surface area contributed by atoms with E-state index >= 15 is 0 Å². The summed E-state index contributed by atoms with van der Waals surface area (Å²) < 4.78 is 13.2. The zero-order valence-corrected chi connectivity index (χ0v) is 21.8. The van der Waals surface area contributed by atoms with Crippen molar-refractivity contribution in [2.75, 3.05) is 7.11 Å². The van der Waals surface area contributed by atoms with E-state index in [2.05, 4.69) is 4.99 Å². The van der Waals surface area contributed by atoms with Crippen molar-refractivity contribution in [1.29, 1.82) is 0 Å². The van der Waals surface area contributed by atoms with Gasteiger partial charge >= 0.3 is 5.97 Å². The summed E-state index contributed by atoms with van der Waals surface area (Å²) in [5.74, 6) is 0.132. The van der Waals surface area contributed by atoms with Gasteiger partial charge in [0, 0.05) is 10.6 Å². The van der Waals surface area contributed by atoms with Crippen LogP contribution in [0, 0.1) is 0 Å². The summed E-state index contributed by atoms with van der Waals surface area (Å²) in [7, 11) is 1.32. The van der Waals surface area contributed by atoms with Crippen LogP contribution in [0.4, 0.5) is 0 Å². The maximum Gasteiger partial charge on any atom is 0.338 e. The van der Waals surface area contributed by atoms with E-state index < -0.39 is 12.0 Å². The first-order valence-electron chi connectivity index (χ1n) is 11.6. The van der Waals surface area contributed by atoms with Crippen molar-refractivity contribution in [1.82, 2.24) is 4.57 Å². The zero-order chi connectivity index (χ0) is 25.9. The Hall–Kier alpha value is -3.94. The maximum atomic E-state index is 13.8. The molecule has 0 aliphatic carbocycles. The summed E-state index contributed by atoms with van der Waals surface area (Å²) in [4.78, 5) is 31.6. The Balaban J connectivity index is 1.61. The molecule has 1 aliphatic rings. The summed E-state index contributed by atoms with van der Waals surface area (Å²) in [5, 5.41) is 0.559. The van der Waals surface area contributed by atoms with Gasteiger partial charge in [0.2, 0.25) is 0 Å². The number of benzene rings is 3. The zero-order valence-electron chi connectivity index (χ0n) is 20.2. The summed E-state index contributed by atoms with van der Waals surface area (Å²) in [6, 6.07) is 23.8. The lowest BCUT2D eigenvalue weighted by atomic mass is 9.96. The second kappa shape index (κ2) is 10.6. The lowest BCUT2D eigenvalue weighted by Crippen LogP contribution is -2.39. The van der Waals surface area contributed by atoms with E-state index in [9.17, 15) is 9.59 Å². The van der Waals surface area contributed by atoms with Gasteiger partial charge in [-0.15, -0.1) is 0 Å². The van der Waals surface area contributed by atoms with Crippen molar-refractivity contribution < 1.29 is 14.3 Å². The number of ether oxygens (including phenoxy) is 2. The van der Waals surface area contributed by atoms with Crippen LogP contribution in [0.2, 0.25) is 5.02 Å². The van der Waals surface area contributed by atoms with E-state index in [1.807, 2.05) is 54.6 Å². The Bertz CT molecular complexity index is 1670. The Morgan fingerprint density at radius 2 is 1.76 bits per heavy atom. The van der Waals surface area contributed by atoms with Gasteiger partial charge in [0.25, 0.3) is 5.56 Å². The average molecular weight is 531 g/mol. The number of rotatable bonds is 6. The highest BCUT2D eigenvalue weighted by Crippen LogP contribution is 2.31. The third kappa shape index (κ3) is 5.01. The molecule has 0 saturated carbocycles. The van der Waals surface area contributed by atoms with Crippen LogP contribution in [0.5, 0.6) is 5.75 Å². The minimum Gasteiger partial charge on any atom is -0.488 e. The van der Waals surface area contributed by atoms with Gasteiger partial charge < -0.3 is 9.47 Å². The van der Waals surface area contributed by atoms with Gasteiger partial charge in [-0.1, -0.05) is 83.6 Å². The fourth-order valence-corrected chi connectivity index (χ4v) is 5.42. The Morgan fingerprint density at radius 1 is 1.05 bits per heavy atom. The van der Waals surface area contributed by atoms with Crippen molar-refractivity contribution in [2.24, 2.45) is 4.99 Å². The first-order valence-corrected chi connectivity index (χ1v) is 12.8. The van der Waals surface area contributed by atoms with Crippen LogP contribution < -0.4 is 19.6 Å². The molecule has 186 valence electrons. The third-order valence-electron chi connectivity index (χ3n) is 6.06.